The molecule has 0 aliphatic heterocycles. The van der Waals surface area contributed by atoms with Crippen molar-refractivity contribution < 1.29 is 9.47 Å². The maximum Gasteiger partial charge on any atom is 0.142 e. The zero-order chi connectivity index (χ0) is 12.9. The summed E-state index contributed by atoms with van der Waals surface area (Å²) in [6, 6.07) is 6.16. The summed E-state index contributed by atoms with van der Waals surface area (Å²) < 4.78 is 10.7. The number of hydrogen-bond acceptors (Lipinski definition) is 3. The molecular weight excluding hydrogens is 214 g/mol. The molecule has 1 N–H and O–H groups in total. The number of hydrogen-bond donors (Lipinski definition) is 1. The van der Waals surface area contributed by atoms with E-state index in [9.17, 15) is 0 Å². The first-order chi connectivity index (χ1) is 7.98. The van der Waals surface area contributed by atoms with Crippen molar-refractivity contribution in [2.75, 3.05) is 26.1 Å². The summed E-state index contributed by atoms with van der Waals surface area (Å²) in [6.45, 7) is 7.09. The lowest BCUT2D eigenvalue weighted by Crippen LogP contribution is -2.25. The van der Waals surface area contributed by atoms with E-state index < -0.39 is 0 Å². The molecule has 0 aliphatic rings. The Morgan fingerprint density at radius 3 is 2.53 bits per heavy atom. The summed E-state index contributed by atoms with van der Waals surface area (Å²) in [5, 5.41) is 3.38. The Labute approximate surface area is 104 Å². The van der Waals surface area contributed by atoms with Gasteiger partial charge in [0.15, 0.2) is 0 Å². The van der Waals surface area contributed by atoms with Crippen LogP contribution in [-0.4, -0.2) is 26.4 Å². The maximum absolute atomic E-state index is 5.38. The third-order valence-electron chi connectivity index (χ3n) is 2.95. The molecule has 96 valence electrons. The van der Waals surface area contributed by atoms with Gasteiger partial charge in [-0.1, -0.05) is 6.07 Å². The number of methoxy groups -OCH3 is 2. The van der Waals surface area contributed by atoms with Crippen LogP contribution in [0.4, 0.5) is 5.69 Å². The molecule has 17 heavy (non-hydrogen) atoms. The minimum atomic E-state index is -0.0923. The molecule has 0 saturated carbocycles. The highest BCUT2D eigenvalue weighted by atomic mass is 16.5. The smallest absolute Gasteiger partial charge is 0.142 e. The third kappa shape index (κ3) is 4.27. The molecule has 1 aromatic rings. The van der Waals surface area contributed by atoms with Crippen LogP contribution in [0.2, 0.25) is 0 Å². The van der Waals surface area contributed by atoms with Crippen LogP contribution in [0.25, 0.3) is 0 Å². The van der Waals surface area contributed by atoms with Crippen LogP contribution in [-0.2, 0) is 4.74 Å². The van der Waals surface area contributed by atoms with E-state index in [2.05, 4.69) is 32.2 Å². The topological polar surface area (TPSA) is 30.5 Å². The van der Waals surface area contributed by atoms with E-state index in [4.69, 9.17) is 9.47 Å². The van der Waals surface area contributed by atoms with E-state index >= 15 is 0 Å². The van der Waals surface area contributed by atoms with Gasteiger partial charge in [0.2, 0.25) is 0 Å². The number of benzene rings is 1. The number of rotatable bonds is 6. The predicted molar refractivity (Wildman–Crippen MR) is 71.9 cm³/mol. The van der Waals surface area contributed by atoms with E-state index in [1.165, 1.54) is 5.56 Å². The van der Waals surface area contributed by atoms with Crippen LogP contribution in [0.3, 0.4) is 0 Å². The van der Waals surface area contributed by atoms with Gasteiger partial charge in [0, 0.05) is 13.7 Å². The number of anilines is 1. The highest BCUT2D eigenvalue weighted by Gasteiger charge is 2.15. The van der Waals surface area contributed by atoms with Crippen molar-refractivity contribution in [2.24, 2.45) is 0 Å². The Morgan fingerprint density at radius 1 is 1.24 bits per heavy atom. The van der Waals surface area contributed by atoms with E-state index in [1.54, 1.807) is 14.2 Å². The second-order valence-electron chi connectivity index (χ2n) is 4.84. The lowest BCUT2D eigenvalue weighted by atomic mass is 10.1. The predicted octanol–water partition coefficient (Wildman–Crippen LogP) is 3.23. The van der Waals surface area contributed by atoms with Gasteiger partial charge in [-0.15, -0.1) is 0 Å². The highest BCUT2D eigenvalue weighted by Crippen LogP contribution is 2.25. The molecule has 3 heteroatoms. The number of nitrogens with one attached hydrogen (secondary N) is 1. The summed E-state index contributed by atoms with van der Waals surface area (Å²) in [5.74, 6) is 0.889. The second-order valence-corrected chi connectivity index (χ2v) is 4.84. The van der Waals surface area contributed by atoms with Crippen molar-refractivity contribution in [1.82, 2.24) is 0 Å². The molecule has 3 nitrogen and oxygen atoms in total. The summed E-state index contributed by atoms with van der Waals surface area (Å²) in [7, 11) is 3.44. The molecule has 0 radical (unpaired) electrons. The Hall–Kier alpha value is -1.22. The molecule has 0 amide bonds. The normalized spacial score (nSPS) is 11.4. The summed E-state index contributed by atoms with van der Waals surface area (Å²) >= 11 is 0. The Morgan fingerprint density at radius 2 is 1.94 bits per heavy atom. The van der Waals surface area contributed by atoms with Crippen LogP contribution in [0.15, 0.2) is 18.2 Å². The molecule has 0 fully saturated rings. The Balaban J connectivity index is 2.57. The van der Waals surface area contributed by atoms with E-state index in [0.717, 1.165) is 24.4 Å². The Kier molecular flexibility index (Phi) is 4.82. The monoisotopic (exact) mass is 237 g/mol. The fourth-order valence-electron chi connectivity index (χ4n) is 1.54. The minimum absolute atomic E-state index is 0.0923. The number of ether oxygens (including phenoxy) is 2. The molecule has 1 aromatic carbocycles. The van der Waals surface area contributed by atoms with Crippen LogP contribution < -0.4 is 10.1 Å². The fraction of sp³-hybridized carbons (Fsp3) is 0.571. The van der Waals surface area contributed by atoms with Gasteiger partial charge in [0.1, 0.15) is 5.75 Å². The average Bonchev–Trinajstić information content (AvgIpc) is 2.30. The quantitative estimate of drug-likeness (QED) is 0.824. The van der Waals surface area contributed by atoms with Gasteiger partial charge in [-0.25, -0.2) is 0 Å². The van der Waals surface area contributed by atoms with Crippen LogP contribution in [0, 0.1) is 6.92 Å². The molecule has 0 heterocycles. The summed E-state index contributed by atoms with van der Waals surface area (Å²) in [6.07, 6.45) is 0.945. The lowest BCUT2D eigenvalue weighted by molar-refractivity contribution is 0.0185. The number of aryl methyl sites for hydroxylation is 1. The van der Waals surface area contributed by atoms with Crippen molar-refractivity contribution in [3.8, 4) is 5.75 Å². The average molecular weight is 237 g/mol. The maximum atomic E-state index is 5.38. The first-order valence-corrected chi connectivity index (χ1v) is 5.92. The largest absolute Gasteiger partial charge is 0.495 e. The first kappa shape index (κ1) is 13.8. The van der Waals surface area contributed by atoms with Crippen LogP contribution >= 0.6 is 0 Å². The minimum Gasteiger partial charge on any atom is -0.495 e. The third-order valence-corrected chi connectivity index (χ3v) is 2.95. The van der Waals surface area contributed by atoms with E-state index in [1.807, 2.05) is 12.1 Å². The van der Waals surface area contributed by atoms with E-state index in [-0.39, 0.29) is 5.60 Å². The van der Waals surface area contributed by atoms with Gasteiger partial charge in [-0.2, -0.15) is 0 Å². The van der Waals surface area contributed by atoms with Crippen molar-refractivity contribution in [1.29, 1.82) is 0 Å². The second kappa shape index (κ2) is 5.92. The molecule has 0 aliphatic carbocycles. The standard InChI is InChI=1S/C14H23NO2/c1-11-6-7-12(13(10-11)16-4)15-9-8-14(2,3)17-5/h6-7,10,15H,8-9H2,1-5H3. The molecule has 0 atom stereocenters. The van der Waals surface area contributed by atoms with Crippen molar-refractivity contribution >= 4 is 5.69 Å². The molecule has 1 rings (SSSR count). The van der Waals surface area contributed by atoms with Gasteiger partial charge in [0.25, 0.3) is 0 Å². The fourth-order valence-corrected chi connectivity index (χ4v) is 1.54. The molecule has 0 unspecified atom stereocenters. The molecule has 0 spiro atoms. The molecule has 0 aromatic heterocycles. The van der Waals surface area contributed by atoms with Gasteiger partial charge in [-0.3, -0.25) is 0 Å². The summed E-state index contributed by atoms with van der Waals surface area (Å²) in [5.41, 5.74) is 2.14. The van der Waals surface area contributed by atoms with Crippen LogP contribution in [0.5, 0.6) is 5.75 Å². The first-order valence-electron chi connectivity index (χ1n) is 5.92. The molecule has 0 bridgehead atoms. The lowest BCUT2D eigenvalue weighted by Gasteiger charge is -2.23. The van der Waals surface area contributed by atoms with Crippen molar-refractivity contribution in [3.63, 3.8) is 0 Å². The Bertz CT molecular complexity index is 361. The van der Waals surface area contributed by atoms with Gasteiger partial charge < -0.3 is 14.8 Å². The van der Waals surface area contributed by atoms with Gasteiger partial charge >= 0.3 is 0 Å². The van der Waals surface area contributed by atoms with Gasteiger partial charge in [-0.05, 0) is 44.9 Å². The van der Waals surface area contributed by atoms with Crippen LogP contribution in [0.1, 0.15) is 25.8 Å². The molecular formula is C14H23NO2. The van der Waals surface area contributed by atoms with E-state index in [0.29, 0.717) is 0 Å². The van der Waals surface area contributed by atoms with Gasteiger partial charge in [0.05, 0.1) is 18.4 Å². The summed E-state index contributed by atoms with van der Waals surface area (Å²) in [4.78, 5) is 0. The van der Waals surface area contributed by atoms with Crippen molar-refractivity contribution in [2.45, 2.75) is 32.8 Å². The zero-order valence-electron chi connectivity index (χ0n) is 11.5. The zero-order valence-corrected chi connectivity index (χ0v) is 11.5. The highest BCUT2D eigenvalue weighted by molar-refractivity contribution is 5.57. The molecule has 0 saturated heterocycles. The SMILES string of the molecule is COc1cc(C)ccc1NCCC(C)(C)OC. The van der Waals surface area contributed by atoms with Crippen molar-refractivity contribution in [3.05, 3.63) is 23.8 Å².